The van der Waals surface area contributed by atoms with E-state index in [1.165, 1.54) is 32.8 Å². The van der Waals surface area contributed by atoms with Gasteiger partial charge in [0.1, 0.15) is 5.60 Å². The average Bonchev–Trinajstić information content (AvgIpc) is 3.71. The molecular formula is C38H42FeN2O2S+2. The molecular weight excluding hydrogens is 604 g/mol. The van der Waals surface area contributed by atoms with Crippen molar-refractivity contribution in [1.29, 1.82) is 0 Å². The topological polar surface area (TPSA) is 41.6 Å². The van der Waals surface area contributed by atoms with E-state index in [2.05, 4.69) is 109 Å². The van der Waals surface area contributed by atoms with Gasteiger partial charge in [0.25, 0.3) is 0 Å². The van der Waals surface area contributed by atoms with Crippen molar-refractivity contribution in [2.75, 3.05) is 6.54 Å². The van der Waals surface area contributed by atoms with Crippen molar-refractivity contribution in [3.63, 3.8) is 0 Å². The Morgan fingerprint density at radius 2 is 1.30 bits per heavy atom. The zero-order valence-corrected chi connectivity index (χ0v) is 27.8. The minimum Gasteiger partial charge on any atom is -0.444 e. The molecule has 2 aliphatic rings. The molecule has 4 nitrogen and oxygen atoms in total. The summed E-state index contributed by atoms with van der Waals surface area (Å²) in [6.07, 6.45) is 16.1. The molecule has 3 aromatic rings. The Labute approximate surface area is 281 Å². The number of hydrogen-bond acceptors (Lipinski definition) is 4. The van der Waals surface area contributed by atoms with Gasteiger partial charge in [-0.2, -0.15) is 0 Å². The maximum atomic E-state index is 12.7. The number of nitrogens with one attached hydrogen (secondary N) is 1. The molecule has 0 unspecified atom stereocenters. The van der Waals surface area contributed by atoms with Crippen molar-refractivity contribution >= 4 is 17.9 Å². The monoisotopic (exact) mass is 646 g/mol. The van der Waals surface area contributed by atoms with Crippen molar-refractivity contribution in [2.45, 2.75) is 57.3 Å². The number of aryl methyl sites for hydroxylation is 1. The molecule has 2 saturated carbocycles. The Kier molecular flexibility index (Phi) is 15.4. The zero-order chi connectivity index (χ0) is 30.5. The predicted molar refractivity (Wildman–Crippen MR) is 178 cm³/mol. The molecule has 6 heteroatoms. The number of carbonyl (C=O) groups is 1. The molecule has 1 N–H and O–H groups in total. The molecule has 10 radical (unpaired) electrons. The molecule has 0 heterocycles. The third-order valence-electron chi connectivity index (χ3n) is 6.71. The molecule has 5 rings (SSSR count). The van der Waals surface area contributed by atoms with Crippen LogP contribution in [0.15, 0.2) is 89.8 Å². The number of amides is 1. The number of ether oxygens (including phenoxy) is 1. The predicted octanol–water partition coefficient (Wildman–Crippen LogP) is 8.43. The summed E-state index contributed by atoms with van der Waals surface area (Å²) in [6, 6.07) is 29.6. The third-order valence-corrected chi connectivity index (χ3v) is 7.81. The number of carbonyl (C=O) groups excluding carboxylic acids is 1. The van der Waals surface area contributed by atoms with E-state index in [4.69, 9.17) is 4.74 Å². The van der Waals surface area contributed by atoms with E-state index in [0.717, 1.165) is 13.1 Å². The van der Waals surface area contributed by atoms with Crippen molar-refractivity contribution in [1.82, 2.24) is 10.2 Å². The first-order valence-electron chi connectivity index (χ1n) is 14.7. The molecule has 1 atom stereocenters. The third kappa shape index (κ3) is 12.6. The Balaban J connectivity index is 0.000000801. The molecule has 1 amide bonds. The summed E-state index contributed by atoms with van der Waals surface area (Å²) in [5, 5.41) is 4.26. The first kappa shape index (κ1) is 36.2. The van der Waals surface area contributed by atoms with Gasteiger partial charge in [0.15, 0.2) is 0 Å². The summed E-state index contributed by atoms with van der Waals surface area (Å²) in [6.45, 7) is 9.68. The Morgan fingerprint density at radius 1 is 0.773 bits per heavy atom. The van der Waals surface area contributed by atoms with Crippen molar-refractivity contribution in [3.05, 3.63) is 164 Å². The van der Waals surface area contributed by atoms with Crippen LogP contribution in [0.1, 0.15) is 37.5 Å². The Morgan fingerprint density at radius 3 is 1.80 bits per heavy atom. The normalized spacial score (nSPS) is 16.1. The molecule has 44 heavy (non-hydrogen) atoms. The molecule has 2 fully saturated rings. The first-order chi connectivity index (χ1) is 20.8. The van der Waals surface area contributed by atoms with Gasteiger partial charge in [-0.25, -0.2) is 4.79 Å². The van der Waals surface area contributed by atoms with Gasteiger partial charge in [-0.3, -0.25) is 4.90 Å². The standard InChI is InChI=1S/C33H37N2O2S.C5H5.Fe/c1-25-18-20-28(21-19-25)38-31-17-11-16-29(31)30(22-34-32(36)37-33(2,3)4)35(23-26-12-7-5-8-13-26)24-27-14-9-6-10-15-27;1-2-4-5-3-1;/h5-21,30H,22-24H2,1-4H3,(H,34,36);1-5H;/q;;+2/t30-;;/m1../s1. The summed E-state index contributed by atoms with van der Waals surface area (Å²) in [4.78, 5) is 16.4. The van der Waals surface area contributed by atoms with Gasteiger partial charge in [0, 0.05) is 41.7 Å². The van der Waals surface area contributed by atoms with Crippen molar-refractivity contribution in [3.8, 4) is 0 Å². The van der Waals surface area contributed by atoms with Crippen LogP contribution < -0.4 is 5.32 Å². The van der Waals surface area contributed by atoms with Gasteiger partial charge in [0.2, 0.25) is 0 Å². The van der Waals surface area contributed by atoms with Crippen LogP contribution in [0.5, 0.6) is 0 Å². The molecule has 228 valence electrons. The first-order valence-corrected chi connectivity index (χ1v) is 15.5. The minimum absolute atomic E-state index is 0. The van der Waals surface area contributed by atoms with Crippen LogP contribution in [0.4, 0.5) is 4.79 Å². The summed E-state index contributed by atoms with van der Waals surface area (Å²) in [5.41, 5.74) is 3.14. The maximum Gasteiger partial charge on any atom is 2.00 e. The number of rotatable bonds is 10. The fourth-order valence-electron chi connectivity index (χ4n) is 4.68. The molecule has 3 aromatic carbocycles. The van der Waals surface area contributed by atoms with Crippen LogP contribution in [0, 0.1) is 69.5 Å². The van der Waals surface area contributed by atoms with Crippen LogP contribution in [0.2, 0.25) is 0 Å². The summed E-state index contributed by atoms with van der Waals surface area (Å²) < 4.78 is 5.59. The van der Waals surface area contributed by atoms with E-state index in [0.29, 0.717) is 6.54 Å². The van der Waals surface area contributed by atoms with Gasteiger partial charge in [-0.1, -0.05) is 78.4 Å². The molecule has 2 aliphatic carbocycles. The van der Waals surface area contributed by atoms with E-state index in [1.807, 2.05) is 65.0 Å². The fourth-order valence-corrected chi connectivity index (χ4v) is 5.68. The second-order valence-electron chi connectivity index (χ2n) is 11.5. The summed E-state index contributed by atoms with van der Waals surface area (Å²) in [5.74, 6) is 1.19. The van der Waals surface area contributed by atoms with Gasteiger partial charge < -0.3 is 10.1 Å². The quantitative estimate of drug-likeness (QED) is 0.225. The number of thioether (sulfide) groups is 1. The molecule has 0 aliphatic heterocycles. The number of nitrogens with zero attached hydrogens (tertiary/aromatic N) is 1. The number of alkyl carbamates (subject to hydrolysis) is 1. The van der Waals surface area contributed by atoms with E-state index < -0.39 is 11.7 Å². The largest absolute Gasteiger partial charge is 2.00 e. The summed E-state index contributed by atoms with van der Waals surface area (Å²) >= 11 is 1.76. The van der Waals surface area contributed by atoms with Gasteiger partial charge in [-0.15, -0.1) is 11.8 Å². The van der Waals surface area contributed by atoms with E-state index in [9.17, 15) is 4.79 Å². The fraction of sp³-hybridized carbons (Fsp3) is 0.237. The second kappa shape index (κ2) is 18.7. The molecule has 0 saturated heterocycles. The van der Waals surface area contributed by atoms with Gasteiger partial charge in [0.05, 0.1) is 0 Å². The second-order valence-corrected chi connectivity index (χ2v) is 12.6. The van der Waals surface area contributed by atoms with Crippen molar-refractivity contribution in [2.24, 2.45) is 0 Å². The number of hydrogen-bond donors (Lipinski definition) is 1. The SMILES string of the molecule is Cc1ccc(S[C]2[CH][CH][CH][C]2[C@@H](CNC(=O)OC(C)(C)C)N(Cc2ccccc2)Cc2ccccc2)cc1.[CH]1[CH][CH][CH][CH]1.[Fe+2]. The maximum absolute atomic E-state index is 12.7. The van der Waals surface area contributed by atoms with E-state index in [-0.39, 0.29) is 23.1 Å². The minimum atomic E-state index is -0.555. The van der Waals surface area contributed by atoms with Gasteiger partial charge >= 0.3 is 23.2 Å². The van der Waals surface area contributed by atoms with Crippen LogP contribution in [-0.2, 0) is 34.9 Å². The summed E-state index contributed by atoms with van der Waals surface area (Å²) in [7, 11) is 0. The molecule has 0 aromatic heterocycles. The van der Waals surface area contributed by atoms with Crippen LogP contribution >= 0.6 is 11.8 Å². The number of benzene rings is 3. The van der Waals surface area contributed by atoms with Crippen LogP contribution in [0.25, 0.3) is 0 Å². The average molecular weight is 647 g/mol. The van der Waals surface area contributed by atoms with Crippen LogP contribution in [0.3, 0.4) is 0 Å². The van der Waals surface area contributed by atoms with Gasteiger partial charge in [-0.05, 0) is 102 Å². The Bertz CT molecular complexity index is 1160. The smallest absolute Gasteiger partial charge is 0.444 e. The van der Waals surface area contributed by atoms with E-state index in [1.54, 1.807) is 11.8 Å². The van der Waals surface area contributed by atoms with Crippen LogP contribution in [-0.4, -0.2) is 29.2 Å². The van der Waals surface area contributed by atoms with E-state index >= 15 is 0 Å². The van der Waals surface area contributed by atoms with Crippen molar-refractivity contribution < 1.29 is 26.6 Å². The molecule has 0 spiro atoms. The Hall–Kier alpha value is -2.24. The molecule has 0 bridgehead atoms. The zero-order valence-electron chi connectivity index (χ0n) is 25.9.